The van der Waals surface area contributed by atoms with Crippen LogP contribution in [-0.2, 0) is 4.79 Å². The van der Waals surface area contributed by atoms with Crippen molar-refractivity contribution in [3.05, 3.63) is 82.6 Å². The van der Waals surface area contributed by atoms with Crippen LogP contribution in [0.25, 0.3) is 17.1 Å². The standard InChI is InChI=1S/C21H15BrClN5OS/c22-15-4-6-17(7-5-15)25-19(29)13-30-21-27-26-20(14-8-10-24-11-9-14)28(21)18-3-1-2-16(23)12-18/h1-12H,13H2,(H,25,29). The lowest BCUT2D eigenvalue weighted by Gasteiger charge is -2.11. The number of benzene rings is 2. The number of halogens is 2. The molecule has 30 heavy (non-hydrogen) atoms. The Labute approximate surface area is 190 Å². The average Bonchev–Trinajstić information content (AvgIpc) is 3.19. The Morgan fingerprint density at radius 2 is 1.83 bits per heavy atom. The van der Waals surface area contributed by atoms with Crippen LogP contribution < -0.4 is 5.32 Å². The van der Waals surface area contributed by atoms with Gasteiger partial charge in [-0.2, -0.15) is 0 Å². The van der Waals surface area contributed by atoms with Gasteiger partial charge in [-0.05, 0) is 54.6 Å². The summed E-state index contributed by atoms with van der Waals surface area (Å²) in [4.78, 5) is 16.5. The monoisotopic (exact) mass is 499 g/mol. The van der Waals surface area contributed by atoms with Gasteiger partial charge < -0.3 is 5.32 Å². The zero-order valence-corrected chi connectivity index (χ0v) is 18.7. The van der Waals surface area contributed by atoms with Crippen molar-refractivity contribution in [1.82, 2.24) is 19.7 Å². The van der Waals surface area contributed by atoms with E-state index in [1.165, 1.54) is 11.8 Å². The fourth-order valence-corrected chi connectivity index (χ4v) is 3.96. The van der Waals surface area contributed by atoms with Crippen LogP contribution in [-0.4, -0.2) is 31.4 Å². The molecule has 150 valence electrons. The maximum atomic E-state index is 12.4. The first-order valence-electron chi connectivity index (χ1n) is 8.90. The van der Waals surface area contributed by atoms with Crippen LogP contribution in [0.1, 0.15) is 0 Å². The van der Waals surface area contributed by atoms with E-state index >= 15 is 0 Å². The number of aromatic nitrogens is 4. The molecule has 1 N–H and O–H groups in total. The second kappa shape index (κ2) is 9.42. The zero-order chi connectivity index (χ0) is 20.9. The summed E-state index contributed by atoms with van der Waals surface area (Å²) in [5.41, 5.74) is 2.41. The lowest BCUT2D eigenvalue weighted by Crippen LogP contribution is -2.14. The lowest BCUT2D eigenvalue weighted by atomic mass is 10.2. The molecule has 1 amide bonds. The van der Waals surface area contributed by atoms with E-state index in [2.05, 4.69) is 36.4 Å². The van der Waals surface area contributed by atoms with Gasteiger partial charge in [0.05, 0.1) is 11.4 Å². The maximum absolute atomic E-state index is 12.4. The molecule has 0 aliphatic heterocycles. The Hall–Kier alpha value is -2.68. The third-order valence-electron chi connectivity index (χ3n) is 4.10. The molecule has 4 rings (SSSR count). The van der Waals surface area contributed by atoms with E-state index in [0.29, 0.717) is 16.0 Å². The van der Waals surface area contributed by atoms with E-state index in [1.807, 2.05) is 59.2 Å². The van der Waals surface area contributed by atoms with E-state index in [9.17, 15) is 4.79 Å². The minimum Gasteiger partial charge on any atom is -0.325 e. The Kier molecular flexibility index (Phi) is 6.47. The summed E-state index contributed by atoms with van der Waals surface area (Å²) < 4.78 is 2.84. The minimum absolute atomic E-state index is 0.131. The van der Waals surface area contributed by atoms with E-state index in [4.69, 9.17) is 11.6 Å². The van der Waals surface area contributed by atoms with Crippen LogP contribution in [0, 0.1) is 0 Å². The van der Waals surface area contributed by atoms with Gasteiger partial charge in [0.1, 0.15) is 0 Å². The van der Waals surface area contributed by atoms with Crippen molar-refractivity contribution in [1.29, 1.82) is 0 Å². The summed E-state index contributed by atoms with van der Waals surface area (Å²) in [5.74, 6) is 0.703. The summed E-state index contributed by atoms with van der Waals surface area (Å²) in [7, 11) is 0. The SMILES string of the molecule is O=C(CSc1nnc(-c2ccncc2)n1-c1cccc(Cl)c1)Nc1ccc(Br)cc1. The van der Waals surface area contributed by atoms with E-state index in [1.54, 1.807) is 18.5 Å². The van der Waals surface area contributed by atoms with Crippen molar-refractivity contribution in [2.75, 3.05) is 11.1 Å². The van der Waals surface area contributed by atoms with Gasteiger partial charge in [0.25, 0.3) is 0 Å². The van der Waals surface area contributed by atoms with Gasteiger partial charge in [0.2, 0.25) is 5.91 Å². The highest BCUT2D eigenvalue weighted by Gasteiger charge is 2.17. The molecule has 9 heteroatoms. The zero-order valence-electron chi connectivity index (χ0n) is 15.5. The number of hydrogen-bond donors (Lipinski definition) is 1. The second-order valence-corrected chi connectivity index (χ2v) is 8.50. The number of pyridine rings is 1. The average molecular weight is 501 g/mol. The topological polar surface area (TPSA) is 72.7 Å². The van der Waals surface area contributed by atoms with Crippen molar-refractivity contribution in [3.8, 4) is 17.1 Å². The van der Waals surface area contributed by atoms with Crippen LogP contribution in [0.3, 0.4) is 0 Å². The van der Waals surface area contributed by atoms with Crippen molar-refractivity contribution >= 4 is 50.9 Å². The lowest BCUT2D eigenvalue weighted by molar-refractivity contribution is -0.113. The molecule has 0 aliphatic carbocycles. The highest BCUT2D eigenvalue weighted by Crippen LogP contribution is 2.29. The highest BCUT2D eigenvalue weighted by atomic mass is 79.9. The summed E-state index contributed by atoms with van der Waals surface area (Å²) in [5, 5.41) is 12.7. The number of nitrogens with zero attached hydrogens (tertiary/aromatic N) is 4. The van der Waals surface area contributed by atoms with Crippen LogP contribution in [0.4, 0.5) is 5.69 Å². The highest BCUT2D eigenvalue weighted by molar-refractivity contribution is 9.10. The Balaban J connectivity index is 1.59. The maximum Gasteiger partial charge on any atom is 0.234 e. The predicted octanol–water partition coefficient (Wildman–Crippen LogP) is 5.48. The first-order chi connectivity index (χ1) is 14.6. The van der Waals surface area contributed by atoms with Gasteiger partial charge in [0, 0.05) is 33.1 Å². The third-order valence-corrected chi connectivity index (χ3v) is 5.79. The molecule has 2 aromatic heterocycles. The van der Waals surface area contributed by atoms with E-state index in [-0.39, 0.29) is 11.7 Å². The molecule has 4 aromatic rings. The van der Waals surface area contributed by atoms with Crippen LogP contribution in [0.15, 0.2) is 82.7 Å². The summed E-state index contributed by atoms with van der Waals surface area (Å²) in [6.07, 6.45) is 3.40. The predicted molar refractivity (Wildman–Crippen MR) is 123 cm³/mol. The smallest absolute Gasteiger partial charge is 0.234 e. The van der Waals surface area contributed by atoms with Gasteiger partial charge in [-0.15, -0.1) is 10.2 Å². The fraction of sp³-hybridized carbons (Fsp3) is 0.0476. The molecule has 0 atom stereocenters. The first-order valence-corrected chi connectivity index (χ1v) is 11.1. The van der Waals surface area contributed by atoms with Crippen LogP contribution >= 0.6 is 39.3 Å². The second-order valence-electron chi connectivity index (χ2n) is 6.20. The number of nitrogens with one attached hydrogen (secondary N) is 1. The quantitative estimate of drug-likeness (QED) is 0.355. The Morgan fingerprint density at radius 1 is 1.07 bits per heavy atom. The summed E-state index contributed by atoms with van der Waals surface area (Å²) in [6.45, 7) is 0. The Morgan fingerprint density at radius 3 is 2.57 bits per heavy atom. The molecule has 0 bridgehead atoms. The molecular weight excluding hydrogens is 486 g/mol. The fourth-order valence-electron chi connectivity index (χ4n) is 2.76. The molecular formula is C21H15BrClN5OS. The molecule has 0 fully saturated rings. The number of thioether (sulfide) groups is 1. The molecule has 0 saturated carbocycles. The van der Waals surface area contributed by atoms with Crippen LogP contribution in [0.5, 0.6) is 0 Å². The molecule has 2 heterocycles. The minimum atomic E-state index is -0.131. The van der Waals surface area contributed by atoms with E-state index < -0.39 is 0 Å². The van der Waals surface area contributed by atoms with E-state index in [0.717, 1.165) is 21.4 Å². The van der Waals surface area contributed by atoms with Gasteiger partial charge in [0.15, 0.2) is 11.0 Å². The van der Waals surface area contributed by atoms with Crippen molar-refractivity contribution in [3.63, 3.8) is 0 Å². The van der Waals surface area contributed by atoms with Crippen molar-refractivity contribution < 1.29 is 4.79 Å². The molecule has 6 nitrogen and oxygen atoms in total. The van der Waals surface area contributed by atoms with Gasteiger partial charge in [-0.1, -0.05) is 45.4 Å². The number of amides is 1. The van der Waals surface area contributed by atoms with Crippen molar-refractivity contribution in [2.24, 2.45) is 0 Å². The normalized spacial score (nSPS) is 10.7. The third kappa shape index (κ3) is 4.89. The molecule has 0 spiro atoms. The molecule has 0 aliphatic rings. The summed E-state index contributed by atoms with van der Waals surface area (Å²) in [6, 6.07) is 18.6. The Bertz CT molecular complexity index is 1170. The molecule has 0 saturated heterocycles. The number of hydrogen-bond acceptors (Lipinski definition) is 5. The van der Waals surface area contributed by atoms with Crippen LogP contribution in [0.2, 0.25) is 5.02 Å². The largest absolute Gasteiger partial charge is 0.325 e. The first kappa shape index (κ1) is 20.6. The van der Waals surface area contributed by atoms with Gasteiger partial charge >= 0.3 is 0 Å². The molecule has 0 unspecified atom stereocenters. The number of carbonyl (C=O) groups is 1. The summed E-state index contributed by atoms with van der Waals surface area (Å²) >= 11 is 10.9. The number of rotatable bonds is 6. The van der Waals surface area contributed by atoms with Gasteiger partial charge in [-0.25, -0.2) is 0 Å². The number of anilines is 1. The number of carbonyl (C=O) groups excluding carboxylic acids is 1. The molecule has 2 aromatic carbocycles. The molecule has 0 radical (unpaired) electrons. The van der Waals surface area contributed by atoms with Crippen molar-refractivity contribution in [2.45, 2.75) is 5.16 Å². The van der Waals surface area contributed by atoms with Gasteiger partial charge in [-0.3, -0.25) is 14.3 Å².